The van der Waals surface area contributed by atoms with Gasteiger partial charge in [-0.05, 0) is 36.8 Å². The highest BCUT2D eigenvalue weighted by molar-refractivity contribution is 5.38. The fourth-order valence-electron chi connectivity index (χ4n) is 1.70. The molecule has 0 aliphatic heterocycles. The Morgan fingerprint density at radius 2 is 1.84 bits per heavy atom. The van der Waals surface area contributed by atoms with Crippen LogP contribution in [0.2, 0.25) is 0 Å². The normalized spacial score (nSPS) is 10.3. The molecule has 1 N–H and O–H groups in total. The summed E-state index contributed by atoms with van der Waals surface area (Å²) in [4.78, 5) is 0. The van der Waals surface area contributed by atoms with E-state index in [1.54, 1.807) is 24.3 Å². The molecule has 0 amide bonds. The van der Waals surface area contributed by atoms with Crippen molar-refractivity contribution in [3.8, 4) is 17.2 Å². The summed E-state index contributed by atoms with van der Waals surface area (Å²) in [6.45, 7) is 2.23. The number of aliphatic hydroxyl groups is 1. The molecule has 2 aromatic rings. The highest BCUT2D eigenvalue weighted by Crippen LogP contribution is 2.26. The number of rotatable bonds is 5. The second kappa shape index (κ2) is 6.20. The first-order valence-electron chi connectivity index (χ1n) is 6.02. The van der Waals surface area contributed by atoms with E-state index in [4.69, 9.17) is 14.6 Å². The van der Waals surface area contributed by atoms with Gasteiger partial charge in [-0.3, -0.25) is 0 Å². The van der Waals surface area contributed by atoms with Crippen molar-refractivity contribution < 1.29 is 19.0 Å². The maximum absolute atomic E-state index is 13.3. The zero-order valence-electron chi connectivity index (χ0n) is 10.6. The first-order chi connectivity index (χ1) is 9.21. The van der Waals surface area contributed by atoms with Gasteiger partial charge in [0.1, 0.15) is 23.1 Å². The van der Waals surface area contributed by atoms with Crippen molar-refractivity contribution in [2.24, 2.45) is 0 Å². The van der Waals surface area contributed by atoms with Gasteiger partial charge in [-0.15, -0.1) is 0 Å². The summed E-state index contributed by atoms with van der Waals surface area (Å²) < 4.78 is 24.2. The molecular weight excluding hydrogens is 247 g/mol. The lowest BCUT2D eigenvalue weighted by molar-refractivity contribution is 0.280. The predicted molar refractivity (Wildman–Crippen MR) is 70.0 cm³/mol. The summed E-state index contributed by atoms with van der Waals surface area (Å²) in [5, 5.41) is 9.02. The summed E-state index contributed by atoms with van der Waals surface area (Å²) in [7, 11) is 0. The van der Waals surface area contributed by atoms with Gasteiger partial charge in [0.25, 0.3) is 0 Å². The Hall–Kier alpha value is -2.07. The molecule has 0 bridgehead atoms. The van der Waals surface area contributed by atoms with Crippen molar-refractivity contribution in [3.63, 3.8) is 0 Å². The molecule has 0 saturated carbocycles. The first-order valence-corrected chi connectivity index (χ1v) is 6.02. The summed E-state index contributed by atoms with van der Waals surface area (Å²) in [6, 6.07) is 11.2. The van der Waals surface area contributed by atoms with Crippen LogP contribution < -0.4 is 9.47 Å². The Labute approximate surface area is 111 Å². The molecule has 4 heteroatoms. The standard InChI is InChI=1S/C15H15FO3/c1-2-18-13-4-3-5-14(9-13)19-15-7-11(10-17)6-12(16)8-15/h3-9,17H,2,10H2,1H3. The molecule has 0 saturated heterocycles. The second-order valence-corrected chi connectivity index (χ2v) is 3.96. The van der Waals surface area contributed by atoms with Crippen molar-refractivity contribution in [2.45, 2.75) is 13.5 Å². The Morgan fingerprint density at radius 3 is 2.58 bits per heavy atom. The molecule has 0 aromatic heterocycles. The molecule has 2 aromatic carbocycles. The largest absolute Gasteiger partial charge is 0.494 e. The maximum atomic E-state index is 13.3. The van der Waals surface area contributed by atoms with E-state index >= 15 is 0 Å². The van der Waals surface area contributed by atoms with Crippen LogP contribution >= 0.6 is 0 Å². The number of hydrogen-bond donors (Lipinski definition) is 1. The van der Waals surface area contributed by atoms with Crippen LogP contribution in [0, 0.1) is 5.82 Å². The average molecular weight is 262 g/mol. The van der Waals surface area contributed by atoms with Crippen LogP contribution in [0.5, 0.6) is 17.2 Å². The minimum absolute atomic E-state index is 0.229. The van der Waals surface area contributed by atoms with Crippen LogP contribution in [-0.4, -0.2) is 11.7 Å². The molecule has 0 atom stereocenters. The minimum Gasteiger partial charge on any atom is -0.494 e. The Morgan fingerprint density at radius 1 is 1.05 bits per heavy atom. The lowest BCUT2D eigenvalue weighted by atomic mass is 10.2. The molecule has 0 radical (unpaired) electrons. The molecule has 2 rings (SSSR count). The SMILES string of the molecule is CCOc1cccc(Oc2cc(F)cc(CO)c2)c1. The summed E-state index contributed by atoms with van der Waals surface area (Å²) >= 11 is 0. The molecule has 0 unspecified atom stereocenters. The van der Waals surface area contributed by atoms with Crippen LogP contribution in [0.25, 0.3) is 0 Å². The van der Waals surface area contributed by atoms with Crippen LogP contribution in [0.1, 0.15) is 12.5 Å². The zero-order valence-corrected chi connectivity index (χ0v) is 10.6. The number of ether oxygens (including phenoxy) is 2. The summed E-state index contributed by atoms with van der Waals surface area (Å²) in [5.74, 6) is 1.15. The smallest absolute Gasteiger partial charge is 0.131 e. The molecule has 100 valence electrons. The van der Waals surface area contributed by atoms with Gasteiger partial charge >= 0.3 is 0 Å². The van der Waals surface area contributed by atoms with Gasteiger partial charge < -0.3 is 14.6 Å². The van der Waals surface area contributed by atoms with E-state index in [-0.39, 0.29) is 6.61 Å². The van der Waals surface area contributed by atoms with E-state index < -0.39 is 5.82 Å². The molecule has 0 aliphatic rings. The predicted octanol–water partition coefficient (Wildman–Crippen LogP) is 3.51. The molecule has 0 spiro atoms. The number of hydrogen-bond acceptors (Lipinski definition) is 3. The van der Waals surface area contributed by atoms with E-state index in [1.807, 2.05) is 13.0 Å². The van der Waals surface area contributed by atoms with Crippen LogP contribution in [0.4, 0.5) is 4.39 Å². The van der Waals surface area contributed by atoms with E-state index in [0.717, 1.165) is 0 Å². The number of aliphatic hydroxyl groups excluding tert-OH is 1. The van der Waals surface area contributed by atoms with Crippen molar-refractivity contribution >= 4 is 0 Å². The fraction of sp³-hybridized carbons (Fsp3) is 0.200. The van der Waals surface area contributed by atoms with Gasteiger partial charge in [0.15, 0.2) is 0 Å². The highest BCUT2D eigenvalue weighted by Gasteiger charge is 2.04. The number of halogens is 1. The topological polar surface area (TPSA) is 38.7 Å². The van der Waals surface area contributed by atoms with E-state index in [9.17, 15) is 4.39 Å². The second-order valence-electron chi connectivity index (χ2n) is 3.96. The molecule has 3 nitrogen and oxygen atoms in total. The van der Waals surface area contributed by atoms with Gasteiger partial charge in [-0.25, -0.2) is 4.39 Å². The van der Waals surface area contributed by atoms with Crippen molar-refractivity contribution in [3.05, 3.63) is 53.8 Å². The quantitative estimate of drug-likeness (QED) is 0.896. The first kappa shape index (κ1) is 13.4. The van der Waals surface area contributed by atoms with Crippen molar-refractivity contribution in [2.75, 3.05) is 6.61 Å². The van der Waals surface area contributed by atoms with Crippen LogP contribution in [-0.2, 0) is 6.61 Å². The fourth-order valence-corrected chi connectivity index (χ4v) is 1.70. The molecular formula is C15H15FO3. The summed E-state index contributed by atoms with van der Waals surface area (Å²) in [6.07, 6.45) is 0. The Balaban J connectivity index is 2.20. The number of benzene rings is 2. The van der Waals surface area contributed by atoms with Gasteiger partial charge in [-0.2, -0.15) is 0 Å². The van der Waals surface area contributed by atoms with Crippen LogP contribution in [0.3, 0.4) is 0 Å². The third-order valence-corrected chi connectivity index (χ3v) is 2.47. The Bertz CT molecular complexity index is 555. The molecule has 19 heavy (non-hydrogen) atoms. The molecule has 0 fully saturated rings. The lowest BCUT2D eigenvalue weighted by Crippen LogP contribution is -1.93. The van der Waals surface area contributed by atoms with Crippen LogP contribution in [0.15, 0.2) is 42.5 Å². The van der Waals surface area contributed by atoms with E-state index in [0.29, 0.717) is 29.4 Å². The third-order valence-electron chi connectivity index (χ3n) is 2.47. The van der Waals surface area contributed by atoms with Gasteiger partial charge in [0.2, 0.25) is 0 Å². The van der Waals surface area contributed by atoms with Crippen molar-refractivity contribution in [1.29, 1.82) is 0 Å². The third kappa shape index (κ3) is 3.69. The van der Waals surface area contributed by atoms with Gasteiger partial charge in [-0.1, -0.05) is 6.07 Å². The molecule has 0 aliphatic carbocycles. The zero-order chi connectivity index (χ0) is 13.7. The highest BCUT2D eigenvalue weighted by atomic mass is 19.1. The van der Waals surface area contributed by atoms with E-state index in [2.05, 4.69) is 0 Å². The van der Waals surface area contributed by atoms with Crippen molar-refractivity contribution in [1.82, 2.24) is 0 Å². The minimum atomic E-state index is -0.442. The maximum Gasteiger partial charge on any atom is 0.131 e. The van der Waals surface area contributed by atoms with Gasteiger partial charge in [0, 0.05) is 12.1 Å². The lowest BCUT2D eigenvalue weighted by Gasteiger charge is -2.09. The summed E-state index contributed by atoms with van der Waals surface area (Å²) in [5.41, 5.74) is 0.468. The average Bonchev–Trinajstić information content (AvgIpc) is 2.39. The van der Waals surface area contributed by atoms with Gasteiger partial charge in [0.05, 0.1) is 13.2 Å². The monoisotopic (exact) mass is 262 g/mol. The van der Waals surface area contributed by atoms with E-state index in [1.165, 1.54) is 12.1 Å². The Kier molecular flexibility index (Phi) is 4.36. The molecule has 0 heterocycles.